The Morgan fingerprint density at radius 3 is 2.62 bits per heavy atom. The van der Waals surface area contributed by atoms with E-state index in [9.17, 15) is 4.79 Å². The maximum absolute atomic E-state index is 11.4. The Bertz CT molecular complexity index is 213. The van der Waals surface area contributed by atoms with E-state index in [2.05, 4.69) is 32.5 Å². The Morgan fingerprint density at radius 2 is 2.23 bits per heavy atom. The molecule has 2 atom stereocenters. The third kappa shape index (κ3) is 2.10. The molecule has 0 aliphatic carbocycles. The van der Waals surface area contributed by atoms with Gasteiger partial charge in [0, 0.05) is 18.6 Å². The van der Waals surface area contributed by atoms with E-state index >= 15 is 0 Å². The number of carbonyl (C=O) groups excluding carboxylic acids is 1. The van der Waals surface area contributed by atoms with Gasteiger partial charge in [-0.3, -0.25) is 4.79 Å². The van der Waals surface area contributed by atoms with Crippen LogP contribution >= 0.6 is 0 Å². The summed E-state index contributed by atoms with van der Waals surface area (Å²) in [5, 5.41) is 0. The summed E-state index contributed by atoms with van der Waals surface area (Å²) in [7, 11) is 4.11. The molecule has 1 aliphatic heterocycles. The normalized spacial score (nSPS) is 28.2. The molecule has 0 aromatic rings. The maximum atomic E-state index is 11.4. The summed E-state index contributed by atoms with van der Waals surface area (Å²) in [6.07, 6.45) is 2.46. The second kappa shape index (κ2) is 3.92. The molecule has 0 saturated carbocycles. The molecule has 0 spiro atoms. The molecule has 1 rings (SSSR count). The molecule has 0 aromatic heterocycles. The monoisotopic (exact) mass is 182 g/mol. The quantitative estimate of drug-likeness (QED) is 0.588. The lowest BCUT2D eigenvalue weighted by molar-refractivity contribution is -0.126. The highest BCUT2D eigenvalue weighted by atomic mass is 16.2. The topological polar surface area (TPSA) is 23.6 Å². The predicted molar refractivity (Wildman–Crippen MR) is 53.5 cm³/mol. The number of likely N-dealkylation sites (N-methyl/N-ethyl adjacent to an activating group) is 1. The van der Waals surface area contributed by atoms with Gasteiger partial charge < -0.3 is 9.80 Å². The molecular weight excluding hydrogens is 164 g/mol. The van der Waals surface area contributed by atoms with Crippen molar-refractivity contribution in [1.82, 2.24) is 9.80 Å². The van der Waals surface area contributed by atoms with E-state index in [4.69, 9.17) is 0 Å². The third-order valence-electron chi connectivity index (χ3n) is 2.74. The van der Waals surface area contributed by atoms with Gasteiger partial charge in [0.25, 0.3) is 0 Å². The number of likely N-dealkylation sites (tertiary alicyclic amines) is 1. The van der Waals surface area contributed by atoms with E-state index in [0.717, 1.165) is 13.0 Å². The van der Waals surface area contributed by atoms with Gasteiger partial charge in [-0.25, -0.2) is 0 Å². The highest BCUT2D eigenvalue weighted by Gasteiger charge is 2.31. The zero-order valence-electron chi connectivity index (χ0n) is 8.66. The molecule has 1 saturated heterocycles. The molecule has 0 N–H and O–H groups in total. The molecule has 0 unspecified atom stereocenters. The lowest BCUT2D eigenvalue weighted by Crippen LogP contribution is -2.35. The van der Waals surface area contributed by atoms with Gasteiger partial charge in [0.1, 0.15) is 0 Å². The van der Waals surface area contributed by atoms with Gasteiger partial charge in [-0.2, -0.15) is 0 Å². The van der Waals surface area contributed by atoms with E-state index in [1.807, 2.05) is 4.90 Å². The number of carbonyl (C=O) groups is 1. The van der Waals surface area contributed by atoms with Gasteiger partial charge in [0.05, 0.1) is 0 Å². The van der Waals surface area contributed by atoms with Crippen LogP contribution in [0.15, 0.2) is 12.7 Å². The molecule has 1 fully saturated rings. The first-order valence-corrected chi connectivity index (χ1v) is 4.65. The van der Waals surface area contributed by atoms with Gasteiger partial charge in [0.15, 0.2) is 0 Å². The molecule has 0 aromatic carbocycles. The Morgan fingerprint density at radius 1 is 1.62 bits per heavy atom. The predicted octanol–water partition coefficient (Wildman–Crippen LogP) is 0.723. The van der Waals surface area contributed by atoms with E-state index in [0.29, 0.717) is 12.1 Å². The fourth-order valence-electron chi connectivity index (χ4n) is 1.80. The smallest absolute Gasteiger partial charge is 0.246 e. The second-order valence-corrected chi connectivity index (χ2v) is 3.90. The summed E-state index contributed by atoms with van der Waals surface area (Å²) in [6, 6.07) is 0.844. The number of amides is 1. The largest absolute Gasteiger partial charge is 0.335 e. The SMILES string of the molecule is C=CC(=O)N1C[C@H](N(C)C)C[C@@H]1C. The average Bonchev–Trinajstić information content (AvgIpc) is 2.46. The van der Waals surface area contributed by atoms with E-state index in [1.54, 1.807) is 0 Å². The van der Waals surface area contributed by atoms with E-state index in [1.165, 1.54) is 6.08 Å². The standard InChI is InChI=1S/C10H18N2O/c1-5-10(13)12-7-9(11(3)4)6-8(12)2/h5,8-9H,1,6-7H2,2-4H3/t8-,9+/m0/s1. The number of nitrogens with zero attached hydrogens (tertiary/aromatic N) is 2. The highest BCUT2D eigenvalue weighted by molar-refractivity contribution is 5.87. The Labute approximate surface area is 80.0 Å². The summed E-state index contributed by atoms with van der Waals surface area (Å²) >= 11 is 0. The van der Waals surface area contributed by atoms with Gasteiger partial charge >= 0.3 is 0 Å². The number of hydrogen-bond donors (Lipinski definition) is 0. The molecule has 1 aliphatic rings. The molecule has 1 amide bonds. The summed E-state index contributed by atoms with van der Waals surface area (Å²) in [6.45, 7) is 6.43. The van der Waals surface area contributed by atoms with Gasteiger partial charge in [-0.1, -0.05) is 6.58 Å². The van der Waals surface area contributed by atoms with Crippen molar-refractivity contribution >= 4 is 5.91 Å². The molecule has 3 nitrogen and oxygen atoms in total. The maximum Gasteiger partial charge on any atom is 0.246 e. The van der Waals surface area contributed by atoms with Crippen LogP contribution in [0.4, 0.5) is 0 Å². The Balaban J connectivity index is 2.61. The minimum absolute atomic E-state index is 0.0526. The summed E-state index contributed by atoms with van der Waals surface area (Å²) in [5.74, 6) is 0.0526. The summed E-state index contributed by atoms with van der Waals surface area (Å²) in [5.41, 5.74) is 0. The van der Waals surface area contributed by atoms with Crippen LogP contribution in [0.1, 0.15) is 13.3 Å². The molecule has 3 heteroatoms. The molecule has 74 valence electrons. The Kier molecular flexibility index (Phi) is 3.09. The number of hydrogen-bond acceptors (Lipinski definition) is 2. The Hall–Kier alpha value is -0.830. The summed E-state index contributed by atoms with van der Waals surface area (Å²) < 4.78 is 0. The van der Waals surface area contributed by atoms with Crippen LogP contribution in [0.2, 0.25) is 0 Å². The van der Waals surface area contributed by atoms with Gasteiger partial charge in [-0.05, 0) is 33.5 Å². The first-order valence-electron chi connectivity index (χ1n) is 4.65. The van der Waals surface area contributed by atoms with Gasteiger partial charge in [-0.15, -0.1) is 0 Å². The van der Waals surface area contributed by atoms with Crippen LogP contribution in [0, 0.1) is 0 Å². The van der Waals surface area contributed by atoms with Crippen molar-refractivity contribution in [3.63, 3.8) is 0 Å². The first kappa shape index (κ1) is 10.3. The van der Waals surface area contributed by atoms with Crippen molar-refractivity contribution in [2.45, 2.75) is 25.4 Å². The van der Waals surface area contributed by atoms with Crippen molar-refractivity contribution in [2.75, 3.05) is 20.6 Å². The molecule has 0 radical (unpaired) electrons. The van der Waals surface area contributed by atoms with Crippen molar-refractivity contribution in [3.05, 3.63) is 12.7 Å². The van der Waals surface area contributed by atoms with Crippen LogP contribution in [0.3, 0.4) is 0 Å². The molecule has 13 heavy (non-hydrogen) atoms. The van der Waals surface area contributed by atoms with Crippen LogP contribution in [0.5, 0.6) is 0 Å². The molecule has 1 heterocycles. The van der Waals surface area contributed by atoms with Crippen molar-refractivity contribution in [1.29, 1.82) is 0 Å². The summed E-state index contributed by atoms with van der Waals surface area (Å²) in [4.78, 5) is 15.4. The zero-order chi connectivity index (χ0) is 10.0. The minimum Gasteiger partial charge on any atom is -0.335 e. The van der Waals surface area contributed by atoms with E-state index < -0.39 is 0 Å². The average molecular weight is 182 g/mol. The van der Waals surface area contributed by atoms with Crippen LogP contribution < -0.4 is 0 Å². The molecule has 0 bridgehead atoms. The molecular formula is C10H18N2O. The van der Waals surface area contributed by atoms with Crippen molar-refractivity contribution in [2.24, 2.45) is 0 Å². The fourth-order valence-corrected chi connectivity index (χ4v) is 1.80. The highest BCUT2D eigenvalue weighted by Crippen LogP contribution is 2.20. The van der Waals surface area contributed by atoms with Crippen LogP contribution in [-0.2, 0) is 4.79 Å². The van der Waals surface area contributed by atoms with Crippen LogP contribution in [0.25, 0.3) is 0 Å². The zero-order valence-corrected chi connectivity index (χ0v) is 8.66. The van der Waals surface area contributed by atoms with Gasteiger partial charge in [0.2, 0.25) is 5.91 Å². The van der Waals surface area contributed by atoms with Crippen LogP contribution in [-0.4, -0.2) is 48.4 Å². The first-order chi connectivity index (χ1) is 6.06. The lowest BCUT2D eigenvalue weighted by atomic mass is 10.2. The minimum atomic E-state index is 0.0526. The number of rotatable bonds is 2. The van der Waals surface area contributed by atoms with E-state index in [-0.39, 0.29) is 5.91 Å². The van der Waals surface area contributed by atoms with Crippen molar-refractivity contribution in [3.8, 4) is 0 Å². The van der Waals surface area contributed by atoms with Crippen molar-refractivity contribution < 1.29 is 4.79 Å². The second-order valence-electron chi connectivity index (χ2n) is 3.90. The lowest BCUT2D eigenvalue weighted by Gasteiger charge is -2.20. The third-order valence-corrected chi connectivity index (χ3v) is 2.74. The fraction of sp³-hybridized carbons (Fsp3) is 0.700.